The molecule has 0 amide bonds. The largest absolute Gasteiger partial charge is 0.418 e. The van der Waals surface area contributed by atoms with Crippen LogP contribution in [0, 0.1) is 0 Å². The highest BCUT2D eigenvalue weighted by molar-refractivity contribution is 6.31. The van der Waals surface area contributed by atoms with Crippen LogP contribution in [0.15, 0.2) is 42.5 Å². The molecule has 2 heterocycles. The Morgan fingerprint density at radius 3 is 2.67 bits per heavy atom. The van der Waals surface area contributed by atoms with Gasteiger partial charge < -0.3 is 5.32 Å². The van der Waals surface area contributed by atoms with Gasteiger partial charge in [0.05, 0.1) is 22.3 Å². The molecular formula is C15H9ClF3N5. The number of benzene rings is 2. The van der Waals surface area contributed by atoms with Crippen molar-refractivity contribution in [2.75, 3.05) is 5.32 Å². The number of hydrogen-bond acceptors (Lipinski definition) is 3. The minimum Gasteiger partial charge on any atom is -0.324 e. The zero-order valence-electron chi connectivity index (χ0n) is 11.9. The number of rotatable bonds is 2. The lowest BCUT2D eigenvalue weighted by Crippen LogP contribution is -2.09. The SMILES string of the molecule is FC(F)(F)c1ccccc1Nc1nc2nc3cc(Cl)ccc3n2[nH]1. The molecule has 0 saturated heterocycles. The summed E-state index contributed by atoms with van der Waals surface area (Å²) in [5.74, 6) is 0.491. The van der Waals surface area contributed by atoms with Crippen LogP contribution in [-0.4, -0.2) is 19.6 Å². The molecule has 0 aliphatic rings. The molecule has 0 fully saturated rings. The van der Waals surface area contributed by atoms with E-state index in [0.717, 1.165) is 11.6 Å². The Labute approximate surface area is 138 Å². The molecule has 0 radical (unpaired) electrons. The monoisotopic (exact) mass is 351 g/mol. The number of aromatic amines is 1. The number of halogens is 4. The minimum atomic E-state index is -4.46. The molecule has 4 rings (SSSR count). The Hall–Kier alpha value is -2.74. The maximum Gasteiger partial charge on any atom is 0.418 e. The standard InChI is InChI=1S/C15H9ClF3N5/c16-8-5-6-12-11(7-8)21-14-22-13(23-24(12)14)20-10-4-2-1-3-9(10)15(17,18)19/h1-7H,(H2,20,21,22,23). The van der Waals surface area contributed by atoms with E-state index in [1.807, 2.05) is 0 Å². The maximum absolute atomic E-state index is 13.0. The number of nitrogens with zero attached hydrogens (tertiary/aromatic N) is 3. The molecule has 0 bridgehead atoms. The predicted octanol–water partition coefficient (Wildman–Crippen LogP) is 4.63. The van der Waals surface area contributed by atoms with Crippen LogP contribution in [0.2, 0.25) is 5.02 Å². The summed E-state index contributed by atoms with van der Waals surface area (Å²) in [5, 5.41) is 6.09. The van der Waals surface area contributed by atoms with E-state index < -0.39 is 11.7 Å². The first-order valence-corrected chi connectivity index (χ1v) is 7.26. The maximum atomic E-state index is 13.0. The average Bonchev–Trinajstić information content (AvgIpc) is 3.03. The van der Waals surface area contributed by atoms with Crippen molar-refractivity contribution >= 4 is 40.0 Å². The van der Waals surface area contributed by atoms with E-state index in [2.05, 4.69) is 20.4 Å². The van der Waals surface area contributed by atoms with Gasteiger partial charge >= 0.3 is 6.18 Å². The molecule has 5 nitrogen and oxygen atoms in total. The average molecular weight is 352 g/mol. The summed E-state index contributed by atoms with van der Waals surface area (Å²) in [5.41, 5.74) is 0.507. The van der Waals surface area contributed by atoms with Crippen LogP contribution in [-0.2, 0) is 6.18 Å². The zero-order valence-corrected chi connectivity index (χ0v) is 12.7. The number of para-hydroxylation sites is 1. The van der Waals surface area contributed by atoms with Gasteiger partial charge in [0, 0.05) is 5.02 Å². The van der Waals surface area contributed by atoms with Gasteiger partial charge in [0.2, 0.25) is 5.95 Å². The fourth-order valence-corrected chi connectivity index (χ4v) is 2.65. The molecule has 9 heteroatoms. The first kappa shape index (κ1) is 14.8. The molecule has 2 aromatic carbocycles. The number of alkyl halides is 3. The molecule has 2 N–H and O–H groups in total. The summed E-state index contributed by atoms with van der Waals surface area (Å²) in [4.78, 5) is 8.46. The van der Waals surface area contributed by atoms with E-state index in [4.69, 9.17) is 11.6 Å². The van der Waals surface area contributed by atoms with Crippen molar-refractivity contribution in [2.24, 2.45) is 0 Å². The van der Waals surface area contributed by atoms with Crippen molar-refractivity contribution in [3.63, 3.8) is 0 Å². The fraction of sp³-hybridized carbons (Fsp3) is 0.0667. The molecule has 0 unspecified atom stereocenters. The number of nitrogens with one attached hydrogen (secondary N) is 2. The Balaban J connectivity index is 1.76. The van der Waals surface area contributed by atoms with Gasteiger partial charge in [-0.05, 0) is 30.3 Å². The topological polar surface area (TPSA) is 58.0 Å². The number of H-pyrrole nitrogens is 1. The van der Waals surface area contributed by atoms with Gasteiger partial charge in [0.25, 0.3) is 5.78 Å². The smallest absolute Gasteiger partial charge is 0.324 e. The van der Waals surface area contributed by atoms with Crippen molar-refractivity contribution in [3.05, 3.63) is 53.1 Å². The predicted molar refractivity (Wildman–Crippen MR) is 84.6 cm³/mol. The normalized spacial score (nSPS) is 12.2. The molecule has 122 valence electrons. The van der Waals surface area contributed by atoms with Gasteiger partial charge in [-0.3, -0.25) is 5.10 Å². The molecule has 0 atom stereocenters. The number of imidazole rings is 1. The van der Waals surface area contributed by atoms with Crippen LogP contribution in [0.5, 0.6) is 0 Å². The molecular weight excluding hydrogens is 343 g/mol. The van der Waals surface area contributed by atoms with Crippen molar-refractivity contribution in [1.82, 2.24) is 19.6 Å². The van der Waals surface area contributed by atoms with Crippen molar-refractivity contribution in [1.29, 1.82) is 0 Å². The van der Waals surface area contributed by atoms with E-state index in [9.17, 15) is 13.2 Å². The van der Waals surface area contributed by atoms with Crippen LogP contribution in [0.25, 0.3) is 16.8 Å². The quantitative estimate of drug-likeness (QED) is 0.553. The minimum absolute atomic E-state index is 0.0886. The molecule has 4 aromatic rings. The first-order chi connectivity index (χ1) is 11.4. The molecule has 2 aromatic heterocycles. The third kappa shape index (κ3) is 2.44. The van der Waals surface area contributed by atoms with E-state index in [1.165, 1.54) is 18.2 Å². The highest BCUT2D eigenvalue weighted by Crippen LogP contribution is 2.35. The molecule has 24 heavy (non-hydrogen) atoms. The summed E-state index contributed by atoms with van der Waals surface area (Å²) in [6.07, 6.45) is -4.46. The lowest BCUT2D eigenvalue weighted by atomic mass is 10.1. The van der Waals surface area contributed by atoms with E-state index in [1.54, 1.807) is 22.7 Å². The van der Waals surface area contributed by atoms with Gasteiger partial charge in [-0.1, -0.05) is 23.7 Å². The van der Waals surface area contributed by atoms with Crippen LogP contribution >= 0.6 is 11.6 Å². The van der Waals surface area contributed by atoms with E-state index in [-0.39, 0.29) is 11.6 Å². The summed E-state index contributed by atoms with van der Waals surface area (Å²) < 4.78 is 40.7. The lowest BCUT2D eigenvalue weighted by molar-refractivity contribution is -0.136. The van der Waals surface area contributed by atoms with Gasteiger partial charge in [-0.15, -0.1) is 0 Å². The number of fused-ring (bicyclic) bond motifs is 3. The highest BCUT2D eigenvalue weighted by Gasteiger charge is 2.33. The third-order valence-electron chi connectivity index (χ3n) is 3.51. The fourth-order valence-electron chi connectivity index (χ4n) is 2.48. The van der Waals surface area contributed by atoms with Gasteiger partial charge in [0.15, 0.2) is 0 Å². The summed E-state index contributed by atoms with van der Waals surface area (Å²) >= 11 is 5.91. The van der Waals surface area contributed by atoms with Crippen LogP contribution < -0.4 is 5.32 Å². The van der Waals surface area contributed by atoms with Crippen LogP contribution in [0.4, 0.5) is 24.8 Å². The Bertz CT molecular complexity index is 1050. The number of anilines is 2. The molecule has 0 saturated carbocycles. The molecule has 0 aliphatic heterocycles. The summed E-state index contributed by atoms with van der Waals surface area (Å²) in [6, 6.07) is 10.3. The molecule has 0 aliphatic carbocycles. The second-order valence-corrected chi connectivity index (χ2v) is 5.56. The Morgan fingerprint density at radius 1 is 1.08 bits per heavy atom. The van der Waals surface area contributed by atoms with Gasteiger partial charge in [-0.25, -0.2) is 9.50 Å². The van der Waals surface area contributed by atoms with E-state index >= 15 is 0 Å². The number of hydrogen-bond donors (Lipinski definition) is 2. The first-order valence-electron chi connectivity index (χ1n) is 6.89. The zero-order chi connectivity index (χ0) is 16.9. The highest BCUT2D eigenvalue weighted by atomic mass is 35.5. The second kappa shape index (κ2) is 5.13. The van der Waals surface area contributed by atoms with Crippen molar-refractivity contribution in [3.8, 4) is 0 Å². The van der Waals surface area contributed by atoms with Gasteiger partial charge in [0.1, 0.15) is 0 Å². The second-order valence-electron chi connectivity index (χ2n) is 5.12. The summed E-state index contributed by atoms with van der Waals surface area (Å²) in [7, 11) is 0. The van der Waals surface area contributed by atoms with Crippen molar-refractivity contribution < 1.29 is 13.2 Å². The third-order valence-corrected chi connectivity index (χ3v) is 3.75. The van der Waals surface area contributed by atoms with E-state index in [0.29, 0.717) is 16.3 Å². The number of aromatic nitrogens is 4. The van der Waals surface area contributed by atoms with Crippen LogP contribution in [0.1, 0.15) is 5.56 Å². The Morgan fingerprint density at radius 2 is 1.88 bits per heavy atom. The van der Waals surface area contributed by atoms with Gasteiger partial charge in [-0.2, -0.15) is 18.2 Å². The van der Waals surface area contributed by atoms with Crippen LogP contribution in [0.3, 0.4) is 0 Å². The Kier molecular flexibility index (Phi) is 3.17. The van der Waals surface area contributed by atoms with Crippen molar-refractivity contribution in [2.45, 2.75) is 6.18 Å². The molecule has 0 spiro atoms. The lowest BCUT2D eigenvalue weighted by Gasteiger charge is -2.12. The summed E-state index contributed by atoms with van der Waals surface area (Å²) in [6.45, 7) is 0.